The Morgan fingerprint density at radius 1 is 1.35 bits per heavy atom. The molecule has 1 N–H and O–H groups in total. The molecule has 0 saturated carbocycles. The molecule has 2 amide bonds. The number of carbonyl (C=O) groups is 1. The average molecular weight is 242 g/mol. The van der Waals surface area contributed by atoms with Crippen LogP contribution in [-0.2, 0) is 4.74 Å². The third-order valence-corrected chi connectivity index (χ3v) is 3.12. The summed E-state index contributed by atoms with van der Waals surface area (Å²) in [6, 6.07) is 0.0410. The summed E-state index contributed by atoms with van der Waals surface area (Å²) in [5.74, 6) is 0. The van der Waals surface area contributed by atoms with E-state index in [9.17, 15) is 4.79 Å². The second kappa shape index (κ2) is 8.34. The van der Waals surface area contributed by atoms with Crippen molar-refractivity contribution in [1.82, 2.24) is 10.2 Å². The summed E-state index contributed by atoms with van der Waals surface area (Å²) in [7, 11) is 0. The van der Waals surface area contributed by atoms with Crippen molar-refractivity contribution >= 4 is 6.03 Å². The van der Waals surface area contributed by atoms with Gasteiger partial charge in [0.15, 0.2) is 0 Å². The van der Waals surface area contributed by atoms with E-state index in [1.807, 2.05) is 11.8 Å². The number of amides is 2. The minimum Gasteiger partial charge on any atom is -0.359 e. The molecule has 0 aromatic rings. The summed E-state index contributed by atoms with van der Waals surface area (Å²) < 4.78 is 5.61. The maximum Gasteiger partial charge on any atom is 0.319 e. The van der Waals surface area contributed by atoms with Crippen molar-refractivity contribution in [3.8, 4) is 0 Å². The molecule has 1 rings (SSSR count). The van der Waals surface area contributed by atoms with Gasteiger partial charge in [-0.1, -0.05) is 19.8 Å². The smallest absolute Gasteiger partial charge is 0.319 e. The van der Waals surface area contributed by atoms with Crippen LogP contribution in [0.5, 0.6) is 0 Å². The van der Waals surface area contributed by atoms with Crippen molar-refractivity contribution in [3.05, 3.63) is 0 Å². The second-order valence-electron chi connectivity index (χ2n) is 4.54. The van der Waals surface area contributed by atoms with Gasteiger partial charge in [-0.05, 0) is 32.6 Å². The summed E-state index contributed by atoms with van der Waals surface area (Å²) in [5, 5.41) is 2.98. The number of urea groups is 1. The van der Waals surface area contributed by atoms with E-state index in [0.29, 0.717) is 6.61 Å². The fraction of sp³-hybridized carbons (Fsp3) is 0.923. The van der Waals surface area contributed by atoms with E-state index in [2.05, 4.69) is 12.2 Å². The third kappa shape index (κ3) is 4.94. The molecule has 17 heavy (non-hydrogen) atoms. The molecule has 4 heteroatoms. The summed E-state index contributed by atoms with van der Waals surface area (Å²) in [4.78, 5) is 13.8. The van der Waals surface area contributed by atoms with Crippen LogP contribution in [0.15, 0.2) is 0 Å². The molecule has 0 aromatic carbocycles. The molecule has 0 unspecified atom stereocenters. The van der Waals surface area contributed by atoms with Gasteiger partial charge in [-0.15, -0.1) is 0 Å². The standard InChI is InChI=1S/C13H26N2O2/c1-3-5-7-10-14-13(16)15-11-8-6-9-12(15)17-4-2/h12H,3-11H2,1-2H3,(H,14,16)/t12-/m1/s1. The molecule has 0 spiro atoms. The van der Waals surface area contributed by atoms with Crippen molar-refractivity contribution in [2.24, 2.45) is 0 Å². The first-order chi connectivity index (χ1) is 8.29. The predicted molar refractivity (Wildman–Crippen MR) is 68.9 cm³/mol. The van der Waals surface area contributed by atoms with E-state index in [0.717, 1.165) is 38.8 Å². The molecule has 100 valence electrons. The number of likely N-dealkylation sites (tertiary alicyclic amines) is 1. The molecule has 0 radical (unpaired) electrons. The van der Waals surface area contributed by atoms with Gasteiger partial charge in [0.2, 0.25) is 0 Å². The lowest BCUT2D eigenvalue weighted by Crippen LogP contribution is -2.49. The van der Waals surface area contributed by atoms with E-state index in [1.165, 1.54) is 12.8 Å². The molecule has 4 nitrogen and oxygen atoms in total. The number of rotatable bonds is 6. The van der Waals surface area contributed by atoms with Crippen LogP contribution in [0.1, 0.15) is 52.4 Å². The minimum atomic E-state index is -0.0140. The van der Waals surface area contributed by atoms with Gasteiger partial charge < -0.3 is 10.1 Å². The Labute approximate surface area is 105 Å². The molecule has 0 aliphatic carbocycles. The SMILES string of the molecule is CCCCCNC(=O)N1CCCC[C@H]1OCC. The van der Waals surface area contributed by atoms with Gasteiger partial charge in [-0.2, -0.15) is 0 Å². The highest BCUT2D eigenvalue weighted by Crippen LogP contribution is 2.17. The first-order valence-electron chi connectivity index (χ1n) is 6.95. The first kappa shape index (κ1) is 14.3. The largest absolute Gasteiger partial charge is 0.359 e. The second-order valence-corrected chi connectivity index (χ2v) is 4.54. The normalized spacial score (nSPS) is 20.4. The van der Waals surface area contributed by atoms with Gasteiger partial charge in [0, 0.05) is 19.7 Å². The van der Waals surface area contributed by atoms with Crippen LogP contribution in [0, 0.1) is 0 Å². The Kier molecular flexibility index (Phi) is 7.01. The predicted octanol–water partition coefficient (Wildman–Crippen LogP) is 2.73. The zero-order chi connectivity index (χ0) is 12.5. The van der Waals surface area contributed by atoms with Gasteiger partial charge in [0.25, 0.3) is 0 Å². The fourth-order valence-electron chi connectivity index (χ4n) is 2.17. The number of unbranched alkanes of at least 4 members (excludes halogenated alkanes) is 2. The van der Waals surface area contributed by atoms with Crippen LogP contribution in [-0.4, -0.2) is 36.9 Å². The number of ether oxygens (including phenoxy) is 1. The van der Waals surface area contributed by atoms with Crippen LogP contribution in [0.25, 0.3) is 0 Å². The van der Waals surface area contributed by atoms with Crippen molar-refractivity contribution in [2.75, 3.05) is 19.7 Å². The monoisotopic (exact) mass is 242 g/mol. The summed E-state index contributed by atoms with van der Waals surface area (Å²) in [6.45, 7) is 6.42. The van der Waals surface area contributed by atoms with Gasteiger partial charge in [0.1, 0.15) is 6.23 Å². The molecule has 1 aliphatic heterocycles. The van der Waals surface area contributed by atoms with Gasteiger partial charge >= 0.3 is 6.03 Å². The Hall–Kier alpha value is -0.770. The summed E-state index contributed by atoms with van der Waals surface area (Å²) in [5.41, 5.74) is 0. The highest BCUT2D eigenvalue weighted by atomic mass is 16.5. The maximum absolute atomic E-state index is 12.0. The van der Waals surface area contributed by atoms with Crippen molar-refractivity contribution < 1.29 is 9.53 Å². The molecule has 1 heterocycles. The first-order valence-corrected chi connectivity index (χ1v) is 6.95. The van der Waals surface area contributed by atoms with Crippen LogP contribution in [0.3, 0.4) is 0 Å². The van der Waals surface area contributed by atoms with E-state index in [1.54, 1.807) is 0 Å². The van der Waals surface area contributed by atoms with Crippen LogP contribution >= 0.6 is 0 Å². The molecule has 1 fully saturated rings. The zero-order valence-corrected chi connectivity index (χ0v) is 11.2. The Balaban J connectivity index is 2.31. The molecule has 0 aromatic heterocycles. The highest BCUT2D eigenvalue weighted by Gasteiger charge is 2.26. The molecule has 1 aliphatic rings. The van der Waals surface area contributed by atoms with Crippen LogP contribution < -0.4 is 5.32 Å². The lowest BCUT2D eigenvalue weighted by molar-refractivity contribution is -0.0519. The van der Waals surface area contributed by atoms with Crippen molar-refractivity contribution in [1.29, 1.82) is 0 Å². The molecule has 1 saturated heterocycles. The highest BCUT2D eigenvalue weighted by molar-refractivity contribution is 5.74. The lowest BCUT2D eigenvalue weighted by atomic mass is 10.1. The molecule has 1 atom stereocenters. The zero-order valence-electron chi connectivity index (χ0n) is 11.2. The maximum atomic E-state index is 12.0. The number of carbonyl (C=O) groups excluding carboxylic acids is 1. The number of hydrogen-bond acceptors (Lipinski definition) is 2. The minimum absolute atomic E-state index is 0.0140. The molecular formula is C13H26N2O2. The third-order valence-electron chi connectivity index (χ3n) is 3.12. The Morgan fingerprint density at radius 3 is 2.88 bits per heavy atom. The van der Waals surface area contributed by atoms with Gasteiger partial charge in [-0.25, -0.2) is 4.79 Å². The number of hydrogen-bond donors (Lipinski definition) is 1. The lowest BCUT2D eigenvalue weighted by Gasteiger charge is -2.35. The molecule has 0 bridgehead atoms. The quantitative estimate of drug-likeness (QED) is 0.728. The van der Waals surface area contributed by atoms with Crippen molar-refractivity contribution in [2.45, 2.75) is 58.6 Å². The average Bonchev–Trinajstić information content (AvgIpc) is 2.35. The topological polar surface area (TPSA) is 41.6 Å². The van der Waals surface area contributed by atoms with Gasteiger partial charge in [0.05, 0.1) is 0 Å². The fourth-order valence-corrected chi connectivity index (χ4v) is 2.17. The van der Waals surface area contributed by atoms with E-state index in [-0.39, 0.29) is 12.3 Å². The molecular weight excluding hydrogens is 216 g/mol. The van der Waals surface area contributed by atoms with Crippen molar-refractivity contribution in [3.63, 3.8) is 0 Å². The number of piperidine rings is 1. The summed E-state index contributed by atoms with van der Waals surface area (Å²) >= 11 is 0. The van der Waals surface area contributed by atoms with E-state index in [4.69, 9.17) is 4.74 Å². The van der Waals surface area contributed by atoms with Crippen LogP contribution in [0.4, 0.5) is 4.79 Å². The summed E-state index contributed by atoms with van der Waals surface area (Å²) in [6.07, 6.45) is 6.62. The van der Waals surface area contributed by atoms with E-state index < -0.39 is 0 Å². The van der Waals surface area contributed by atoms with E-state index >= 15 is 0 Å². The van der Waals surface area contributed by atoms with Crippen LogP contribution in [0.2, 0.25) is 0 Å². The number of nitrogens with zero attached hydrogens (tertiary/aromatic N) is 1. The number of nitrogens with one attached hydrogen (secondary N) is 1. The Morgan fingerprint density at radius 2 is 2.18 bits per heavy atom. The van der Waals surface area contributed by atoms with Gasteiger partial charge in [-0.3, -0.25) is 4.90 Å². The Bertz CT molecular complexity index is 219.